The summed E-state index contributed by atoms with van der Waals surface area (Å²) in [6, 6.07) is 15.3. The predicted octanol–water partition coefficient (Wildman–Crippen LogP) is 3.83. The maximum atomic E-state index is 12.2. The van der Waals surface area contributed by atoms with Gasteiger partial charge < -0.3 is 14.5 Å². The van der Waals surface area contributed by atoms with Gasteiger partial charge in [0.2, 0.25) is 11.8 Å². The van der Waals surface area contributed by atoms with Crippen LogP contribution in [0.1, 0.15) is 18.4 Å². The second-order valence-corrected chi connectivity index (χ2v) is 6.35. The molecule has 1 atom stereocenters. The highest BCUT2D eigenvalue weighted by Crippen LogP contribution is 2.26. The van der Waals surface area contributed by atoms with E-state index in [0.29, 0.717) is 24.1 Å². The van der Waals surface area contributed by atoms with Crippen LogP contribution < -0.4 is 5.32 Å². The molecule has 2 heterocycles. The molecule has 1 fully saturated rings. The average Bonchev–Trinajstić information content (AvgIpc) is 3.34. The maximum Gasteiger partial charge on any atom is 0.253 e. The lowest BCUT2D eigenvalue weighted by Gasteiger charge is -2.10. The molecule has 1 aliphatic rings. The van der Waals surface area contributed by atoms with Crippen molar-refractivity contribution in [1.29, 1.82) is 0 Å². The number of nitrogens with zero attached hydrogens (tertiary/aromatic N) is 2. The summed E-state index contributed by atoms with van der Waals surface area (Å²) < 4.78 is 11.2. The standard InChI is InChI=1S/C20H19N3O3/c1-13-5-2-6-14(11-13)19-22-23-20(26-19)15-7-3-8-16(12-15)21-18(24)17-9-4-10-25-17/h2-3,5-8,11-12,17H,4,9-10H2,1H3,(H,21,24)/t17-/m0/s1. The average molecular weight is 349 g/mol. The molecule has 0 unspecified atom stereocenters. The van der Waals surface area contributed by atoms with Gasteiger partial charge in [-0.2, -0.15) is 0 Å². The van der Waals surface area contributed by atoms with Crippen molar-refractivity contribution < 1.29 is 13.9 Å². The van der Waals surface area contributed by atoms with Gasteiger partial charge in [0.1, 0.15) is 6.10 Å². The number of carbonyl (C=O) groups excluding carboxylic acids is 1. The zero-order valence-corrected chi connectivity index (χ0v) is 14.4. The molecule has 0 bridgehead atoms. The van der Waals surface area contributed by atoms with Gasteiger partial charge in [-0.15, -0.1) is 10.2 Å². The Bertz CT molecular complexity index is 929. The molecule has 1 aliphatic heterocycles. The Labute approximate surface area is 151 Å². The maximum absolute atomic E-state index is 12.2. The van der Waals surface area contributed by atoms with Gasteiger partial charge in [0.05, 0.1) is 0 Å². The Morgan fingerprint density at radius 1 is 1.08 bits per heavy atom. The molecule has 1 saturated heterocycles. The number of hydrogen-bond donors (Lipinski definition) is 1. The number of benzene rings is 2. The molecule has 4 rings (SSSR count). The topological polar surface area (TPSA) is 77.2 Å². The van der Waals surface area contributed by atoms with Crippen molar-refractivity contribution >= 4 is 11.6 Å². The minimum Gasteiger partial charge on any atom is -0.416 e. The van der Waals surface area contributed by atoms with Crippen LogP contribution in [0.5, 0.6) is 0 Å². The molecule has 0 radical (unpaired) electrons. The van der Waals surface area contributed by atoms with Crippen molar-refractivity contribution in [2.75, 3.05) is 11.9 Å². The minimum atomic E-state index is -0.366. The Morgan fingerprint density at radius 2 is 1.81 bits per heavy atom. The molecular weight excluding hydrogens is 330 g/mol. The Morgan fingerprint density at radius 3 is 2.50 bits per heavy atom. The number of ether oxygens (including phenoxy) is 1. The van der Waals surface area contributed by atoms with Gasteiger partial charge >= 0.3 is 0 Å². The van der Waals surface area contributed by atoms with E-state index in [9.17, 15) is 4.79 Å². The van der Waals surface area contributed by atoms with Gasteiger partial charge in [-0.3, -0.25) is 4.79 Å². The van der Waals surface area contributed by atoms with Crippen molar-refractivity contribution in [2.24, 2.45) is 0 Å². The number of aromatic nitrogens is 2. The smallest absolute Gasteiger partial charge is 0.253 e. The number of hydrogen-bond acceptors (Lipinski definition) is 5. The highest BCUT2D eigenvalue weighted by molar-refractivity contribution is 5.94. The van der Waals surface area contributed by atoms with Gasteiger partial charge in [0.15, 0.2) is 0 Å². The second-order valence-electron chi connectivity index (χ2n) is 6.35. The molecule has 0 spiro atoms. The van der Waals surface area contributed by atoms with Crippen LogP contribution in [0.3, 0.4) is 0 Å². The number of rotatable bonds is 4. The lowest BCUT2D eigenvalue weighted by Crippen LogP contribution is -2.26. The highest BCUT2D eigenvalue weighted by Gasteiger charge is 2.23. The van der Waals surface area contributed by atoms with Gasteiger partial charge in [-0.25, -0.2) is 0 Å². The first-order valence-electron chi connectivity index (χ1n) is 8.62. The zero-order chi connectivity index (χ0) is 17.9. The molecule has 6 nitrogen and oxygen atoms in total. The second kappa shape index (κ2) is 7.09. The van der Waals surface area contributed by atoms with Gasteiger partial charge in [-0.05, 0) is 50.1 Å². The van der Waals surface area contributed by atoms with Crippen LogP contribution in [0.2, 0.25) is 0 Å². The van der Waals surface area contributed by atoms with Crippen LogP contribution in [-0.4, -0.2) is 28.8 Å². The van der Waals surface area contributed by atoms with E-state index < -0.39 is 0 Å². The van der Waals surface area contributed by atoms with Crippen LogP contribution in [0.4, 0.5) is 5.69 Å². The summed E-state index contributed by atoms with van der Waals surface area (Å²) in [5, 5.41) is 11.2. The largest absolute Gasteiger partial charge is 0.416 e. The van der Waals surface area contributed by atoms with Crippen LogP contribution in [0.25, 0.3) is 22.9 Å². The van der Waals surface area contributed by atoms with Crippen LogP contribution in [0, 0.1) is 6.92 Å². The fraction of sp³-hybridized carbons (Fsp3) is 0.250. The third-order valence-corrected chi connectivity index (χ3v) is 4.29. The molecular formula is C20H19N3O3. The summed E-state index contributed by atoms with van der Waals surface area (Å²) in [5.41, 5.74) is 3.44. The van der Waals surface area contributed by atoms with E-state index in [0.717, 1.165) is 29.5 Å². The van der Waals surface area contributed by atoms with Crippen molar-refractivity contribution in [3.63, 3.8) is 0 Å². The number of amides is 1. The first-order valence-corrected chi connectivity index (χ1v) is 8.62. The monoisotopic (exact) mass is 349 g/mol. The SMILES string of the molecule is Cc1cccc(-c2nnc(-c3cccc(NC(=O)[C@@H]4CCCO4)c3)o2)c1. The van der Waals surface area contributed by atoms with Gasteiger partial charge in [-0.1, -0.05) is 23.8 Å². The summed E-state index contributed by atoms with van der Waals surface area (Å²) in [5.74, 6) is 0.762. The Hall–Kier alpha value is -2.99. The van der Waals surface area contributed by atoms with E-state index in [1.807, 2.05) is 55.5 Å². The fourth-order valence-corrected chi connectivity index (χ4v) is 2.97. The van der Waals surface area contributed by atoms with Crippen LogP contribution in [0.15, 0.2) is 52.9 Å². The Kier molecular flexibility index (Phi) is 4.50. The van der Waals surface area contributed by atoms with Gasteiger partial charge in [0.25, 0.3) is 5.91 Å². The number of aryl methyl sites for hydroxylation is 1. The zero-order valence-electron chi connectivity index (χ0n) is 14.4. The van der Waals surface area contributed by atoms with Crippen LogP contribution in [-0.2, 0) is 9.53 Å². The predicted molar refractivity (Wildman–Crippen MR) is 97.5 cm³/mol. The van der Waals surface area contributed by atoms with E-state index in [-0.39, 0.29) is 12.0 Å². The molecule has 132 valence electrons. The fourth-order valence-electron chi connectivity index (χ4n) is 2.97. The lowest BCUT2D eigenvalue weighted by molar-refractivity contribution is -0.124. The summed E-state index contributed by atoms with van der Waals surface area (Å²) >= 11 is 0. The van der Waals surface area contributed by atoms with E-state index >= 15 is 0 Å². The molecule has 2 aromatic carbocycles. The van der Waals surface area contributed by atoms with Crippen LogP contribution >= 0.6 is 0 Å². The summed E-state index contributed by atoms with van der Waals surface area (Å²) in [6.45, 7) is 2.66. The molecule has 0 saturated carbocycles. The van der Waals surface area contributed by atoms with E-state index in [2.05, 4.69) is 15.5 Å². The minimum absolute atomic E-state index is 0.120. The molecule has 3 aromatic rings. The molecule has 1 amide bonds. The van der Waals surface area contributed by atoms with Gasteiger partial charge in [0, 0.05) is 23.4 Å². The summed E-state index contributed by atoms with van der Waals surface area (Å²) in [7, 11) is 0. The molecule has 1 N–H and O–H groups in total. The van der Waals surface area contributed by atoms with E-state index in [1.165, 1.54) is 0 Å². The number of nitrogens with one attached hydrogen (secondary N) is 1. The number of carbonyl (C=O) groups is 1. The van der Waals surface area contributed by atoms with Crippen molar-refractivity contribution in [1.82, 2.24) is 10.2 Å². The third kappa shape index (κ3) is 3.50. The van der Waals surface area contributed by atoms with Crippen molar-refractivity contribution in [3.05, 3.63) is 54.1 Å². The van der Waals surface area contributed by atoms with Crippen molar-refractivity contribution in [2.45, 2.75) is 25.9 Å². The highest BCUT2D eigenvalue weighted by atomic mass is 16.5. The summed E-state index contributed by atoms with van der Waals surface area (Å²) in [6.07, 6.45) is 1.31. The lowest BCUT2D eigenvalue weighted by atomic mass is 10.1. The first-order chi connectivity index (χ1) is 12.7. The van der Waals surface area contributed by atoms with E-state index in [4.69, 9.17) is 9.15 Å². The Balaban J connectivity index is 1.54. The first kappa shape index (κ1) is 16.5. The molecule has 6 heteroatoms. The number of anilines is 1. The van der Waals surface area contributed by atoms with E-state index in [1.54, 1.807) is 0 Å². The summed E-state index contributed by atoms with van der Waals surface area (Å²) in [4.78, 5) is 12.2. The molecule has 26 heavy (non-hydrogen) atoms. The molecule has 0 aliphatic carbocycles. The molecule has 1 aromatic heterocycles. The normalized spacial score (nSPS) is 16.6. The quantitative estimate of drug-likeness (QED) is 0.774. The van der Waals surface area contributed by atoms with Crippen molar-refractivity contribution in [3.8, 4) is 22.9 Å². The third-order valence-electron chi connectivity index (χ3n) is 4.29.